The number of nitrogens with zero attached hydrogens (tertiary/aromatic N) is 8. The molecule has 1 saturated carbocycles. The van der Waals surface area contributed by atoms with Gasteiger partial charge in [-0.05, 0) is 91.0 Å². The predicted octanol–water partition coefficient (Wildman–Crippen LogP) is 8.10. The number of pyridine rings is 1. The summed E-state index contributed by atoms with van der Waals surface area (Å²) in [5.74, 6) is -1.24. The van der Waals surface area contributed by atoms with Gasteiger partial charge in [0.2, 0.25) is 11.8 Å². The molecule has 4 aliphatic rings. The number of anilines is 2. The van der Waals surface area contributed by atoms with E-state index in [9.17, 15) is 24.2 Å². The van der Waals surface area contributed by atoms with Crippen LogP contribution in [0, 0.1) is 18.7 Å². The number of carbonyl (C=O) groups excluding carboxylic acids is 2. The summed E-state index contributed by atoms with van der Waals surface area (Å²) in [5.41, 5.74) is 9.26. The van der Waals surface area contributed by atoms with Crippen molar-refractivity contribution in [1.29, 1.82) is 0 Å². The molecule has 18 nitrogen and oxygen atoms in total. The first-order valence-corrected chi connectivity index (χ1v) is 27.6. The summed E-state index contributed by atoms with van der Waals surface area (Å²) in [6.07, 6.45) is -2.13. The molecule has 4 fully saturated rings. The number of hydrogen-bond donors (Lipinski definition) is 5. The Balaban J connectivity index is 0.873. The molecule has 22 heteroatoms. The van der Waals surface area contributed by atoms with Crippen molar-refractivity contribution in [1.82, 2.24) is 45.5 Å². The van der Waals surface area contributed by atoms with Crippen LogP contribution in [-0.2, 0) is 27.1 Å². The van der Waals surface area contributed by atoms with E-state index >= 15 is 13.2 Å². The van der Waals surface area contributed by atoms with Gasteiger partial charge in [-0.25, -0.2) is 14.1 Å². The third-order valence-corrected chi connectivity index (χ3v) is 16.1. The molecule has 0 unspecified atom stereocenters. The molecule has 430 valence electrons. The van der Waals surface area contributed by atoms with Crippen molar-refractivity contribution >= 4 is 34.4 Å². The van der Waals surface area contributed by atoms with E-state index in [2.05, 4.69) is 30.8 Å². The number of aliphatic hydroxyl groups is 2. The van der Waals surface area contributed by atoms with Crippen molar-refractivity contribution < 1.29 is 51.6 Å². The molecular formula is C60H65F4N11O7. The van der Waals surface area contributed by atoms with Gasteiger partial charge in [0.1, 0.15) is 54.0 Å². The van der Waals surface area contributed by atoms with Gasteiger partial charge >= 0.3 is 12.2 Å². The van der Waals surface area contributed by atoms with E-state index in [0.717, 1.165) is 25.8 Å². The van der Waals surface area contributed by atoms with E-state index in [1.807, 2.05) is 26.8 Å². The number of β-amino-alcohol motifs (C(OH)–C–C–N with tert-alkyl or cyclic N) is 1. The Bertz CT molecular complexity index is 3510. The maximum Gasteiger partial charge on any atom is 0.418 e. The number of likely N-dealkylation sites (tertiary alicyclic amines) is 1. The van der Waals surface area contributed by atoms with Gasteiger partial charge in [0.15, 0.2) is 5.75 Å². The van der Waals surface area contributed by atoms with Gasteiger partial charge in [0.25, 0.3) is 0 Å². The number of piperazine rings is 1. The maximum absolute atomic E-state index is 15.3. The molecule has 6 heterocycles. The van der Waals surface area contributed by atoms with Gasteiger partial charge in [-0.15, -0.1) is 5.10 Å². The Morgan fingerprint density at radius 3 is 2.34 bits per heavy atom. The number of alkyl halides is 3. The van der Waals surface area contributed by atoms with Gasteiger partial charge in [0, 0.05) is 67.3 Å². The SMILES string of the molecule is CO[C@@H](C)COc1nc(N2C[C@@H]3C[C@H]2CN3)c2cc(C3CC3)c(-c3nc(N)cc(C)c3C(F)(F)F)c(OCc3ccc(-c4cn([C@H](C(=O)N5C[C@H](O)C[C@H]5C(=O)N[C@@H](CO)c5ccc(-c6ccccc6F)cc5)C(C)C)nn4)cc3)c2n1. The zero-order valence-electron chi connectivity index (χ0n) is 46.0. The third kappa shape index (κ3) is 11.3. The summed E-state index contributed by atoms with van der Waals surface area (Å²) in [6.45, 7) is 7.72. The molecule has 4 aromatic carbocycles. The lowest BCUT2D eigenvalue weighted by atomic mass is 9.92. The number of nitrogens with one attached hydrogen (secondary N) is 2. The topological polar surface area (TPSA) is 228 Å². The number of halogens is 4. The van der Waals surface area contributed by atoms with Crippen molar-refractivity contribution in [3.8, 4) is 45.4 Å². The Hall–Kier alpha value is -7.79. The lowest BCUT2D eigenvalue weighted by Crippen LogP contribution is -2.50. The van der Waals surface area contributed by atoms with E-state index < -0.39 is 54.4 Å². The fraction of sp³-hybridized carbons (Fsp3) is 0.417. The zero-order chi connectivity index (χ0) is 57.7. The quantitative estimate of drug-likeness (QED) is 0.0482. The molecule has 82 heavy (non-hydrogen) atoms. The number of ether oxygens (including phenoxy) is 3. The Morgan fingerprint density at radius 1 is 0.939 bits per heavy atom. The smallest absolute Gasteiger partial charge is 0.418 e. The highest BCUT2D eigenvalue weighted by atomic mass is 19.4. The van der Waals surface area contributed by atoms with E-state index in [1.54, 1.807) is 80.0 Å². The fourth-order valence-electron chi connectivity index (χ4n) is 11.7. The number of fused-ring (bicyclic) bond motifs is 3. The normalized spacial score (nSPS) is 20.0. The van der Waals surface area contributed by atoms with E-state index in [0.29, 0.717) is 56.8 Å². The lowest BCUT2D eigenvalue weighted by Gasteiger charge is -2.30. The summed E-state index contributed by atoms with van der Waals surface area (Å²) in [7, 11) is 1.56. The lowest BCUT2D eigenvalue weighted by molar-refractivity contribution is -0.142. The second kappa shape index (κ2) is 22.9. The van der Waals surface area contributed by atoms with Crippen LogP contribution in [0.15, 0.2) is 91.1 Å². The number of nitrogen functional groups attached to an aromatic ring is 1. The van der Waals surface area contributed by atoms with Gasteiger partial charge in [-0.1, -0.05) is 85.8 Å². The Kier molecular flexibility index (Phi) is 15.6. The Morgan fingerprint density at radius 2 is 1.68 bits per heavy atom. The number of methoxy groups -OCH3 is 1. The van der Waals surface area contributed by atoms with Crippen LogP contribution < -0.4 is 30.7 Å². The minimum atomic E-state index is -4.81. The van der Waals surface area contributed by atoms with E-state index in [-0.39, 0.29) is 102 Å². The number of hydrogen-bond acceptors (Lipinski definition) is 15. The van der Waals surface area contributed by atoms with Crippen LogP contribution in [0.1, 0.15) is 92.3 Å². The standard InChI is InChI=1S/C60H65F4N11O7/c1-31(2)54(58(79)74-26-41(77)22-48(74)57(78)67-47(28-76)38-18-16-35(17-19-38)42-8-6-7-9-45(42)61)75-27-46(71-72-75)37-12-10-34(11-13-37)30-81-55-50(53-51(60(62,63)64)32(3)20-49(65)68-53)43(36-14-15-36)23-44-52(55)69-59(82-29-33(4)80-5)70-56(44)73-25-39-21-40(73)24-66-39/h6-13,16-20,23,27,31,33,36,39-41,47-48,54,66,76-77H,14-15,21-22,24-26,28-30H2,1-5H3,(H2,65,68)(H,67,78)/t33-,39-,40-,41+,47-,48-,54-/m0/s1. The molecule has 2 bridgehead atoms. The van der Waals surface area contributed by atoms with Crippen molar-refractivity contribution in [2.75, 3.05) is 50.6 Å². The highest BCUT2D eigenvalue weighted by Gasteiger charge is 2.45. The minimum Gasteiger partial charge on any atom is -0.486 e. The number of aryl methyl sites for hydroxylation is 1. The van der Waals surface area contributed by atoms with Crippen molar-refractivity contribution in [3.05, 3.63) is 125 Å². The second-order valence-corrected chi connectivity index (χ2v) is 22.3. The van der Waals surface area contributed by atoms with Crippen molar-refractivity contribution in [2.24, 2.45) is 5.92 Å². The van der Waals surface area contributed by atoms with E-state index in [1.165, 1.54) is 28.6 Å². The number of rotatable bonds is 19. The molecule has 11 rings (SSSR count). The largest absolute Gasteiger partial charge is 0.486 e. The molecule has 7 aromatic rings. The number of amides is 2. The third-order valence-electron chi connectivity index (χ3n) is 16.1. The minimum absolute atomic E-state index is 0.0151. The zero-order valence-corrected chi connectivity index (χ0v) is 46.0. The summed E-state index contributed by atoms with van der Waals surface area (Å²) in [5, 5.41) is 37.1. The first-order chi connectivity index (χ1) is 39.4. The van der Waals surface area contributed by atoms with Crippen LogP contribution in [-0.4, -0.2) is 127 Å². The second-order valence-electron chi connectivity index (χ2n) is 22.3. The number of benzene rings is 4. The molecular weight excluding hydrogens is 1060 g/mol. The molecule has 6 N–H and O–H groups in total. The van der Waals surface area contributed by atoms with Gasteiger partial charge in [0.05, 0.1) is 42.3 Å². The summed E-state index contributed by atoms with van der Waals surface area (Å²) < 4.78 is 80.4. The van der Waals surface area contributed by atoms with Crippen LogP contribution in [0.3, 0.4) is 0 Å². The number of carbonyl (C=O) groups is 2. The van der Waals surface area contributed by atoms with Crippen LogP contribution in [0.2, 0.25) is 0 Å². The van der Waals surface area contributed by atoms with Crippen LogP contribution in [0.5, 0.6) is 11.8 Å². The monoisotopic (exact) mass is 1130 g/mol. The van der Waals surface area contributed by atoms with Crippen LogP contribution in [0.4, 0.5) is 29.2 Å². The van der Waals surface area contributed by atoms with Crippen LogP contribution >= 0.6 is 0 Å². The number of nitrogens with two attached hydrogens (primary N) is 1. The first-order valence-electron chi connectivity index (χ1n) is 27.6. The summed E-state index contributed by atoms with van der Waals surface area (Å²) in [4.78, 5) is 46.4. The molecule has 7 atom stereocenters. The first kappa shape index (κ1) is 56.1. The summed E-state index contributed by atoms with van der Waals surface area (Å²) in [6, 6.07) is 21.0. The van der Waals surface area contributed by atoms with Gasteiger partial charge in [-0.2, -0.15) is 23.1 Å². The molecule has 2 amide bonds. The van der Waals surface area contributed by atoms with E-state index in [4.69, 9.17) is 29.9 Å². The molecule has 3 aliphatic heterocycles. The maximum atomic E-state index is 15.3. The summed E-state index contributed by atoms with van der Waals surface area (Å²) >= 11 is 0. The molecule has 0 radical (unpaired) electrons. The van der Waals surface area contributed by atoms with Crippen LogP contribution in [0.25, 0.3) is 44.5 Å². The number of aromatic nitrogens is 6. The van der Waals surface area contributed by atoms with Crippen molar-refractivity contribution in [3.63, 3.8) is 0 Å². The molecule has 3 aromatic heterocycles. The van der Waals surface area contributed by atoms with Crippen molar-refractivity contribution in [2.45, 2.75) is 114 Å². The molecule has 0 spiro atoms. The average Bonchev–Trinajstić information content (AvgIpc) is 3.88. The Labute approximate surface area is 471 Å². The number of aliphatic hydroxyl groups excluding tert-OH is 2. The fourth-order valence-corrected chi connectivity index (χ4v) is 11.7. The van der Waals surface area contributed by atoms with Gasteiger partial charge < -0.3 is 50.6 Å². The highest BCUT2D eigenvalue weighted by Crippen LogP contribution is 2.54. The molecule has 3 saturated heterocycles. The highest BCUT2D eigenvalue weighted by molar-refractivity contribution is 6.01. The predicted molar refractivity (Wildman–Crippen MR) is 298 cm³/mol. The van der Waals surface area contributed by atoms with Gasteiger partial charge in [-0.3, -0.25) is 9.59 Å². The average molecular weight is 1130 g/mol. The molecule has 1 aliphatic carbocycles.